The minimum Gasteiger partial charge on any atom is -0.508 e. The van der Waals surface area contributed by atoms with Gasteiger partial charge < -0.3 is 15.2 Å². The highest BCUT2D eigenvalue weighted by Crippen LogP contribution is 2.42. The maximum Gasteiger partial charge on any atom is 0.251 e. The maximum atomic E-state index is 12.2. The number of methoxy groups -OCH3 is 1. The van der Waals surface area contributed by atoms with Crippen LogP contribution in [0.4, 0.5) is 0 Å². The minimum atomic E-state index is -0.138. The number of hydrogen-bond acceptors (Lipinski definition) is 3. The minimum absolute atomic E-state index is 0.0604. The number of aromatic hydroxyl groups is 1. The van der Waals surface area contributed by atoms with Crippen molar-refractivity contribution in [2.24, 2.45) is 5.41 Å². The normalized spacial score (nSPS) is 24.6. The zero-order valence-electron chi connectivity index (χ0n) is 11.9. The number of carbonyl (C=O) groups is 1. The van der Waals surface area contributed by atoms with Crippen molar-refractivity contribution in [2.45, 2.75) is 39.3 Å². The molecule has 2 N–H and O–H groups in total. The Hall–Kier alpha value is -1.55. The van der Waals surface area contributed by atoms with Gasteiger partial charge in [-0.3, -0.25) is 4.79 Å². The lowest BCUT2D eigenvalue weighted by molar-refractivity contribution is -0.0942. The number of phenols is 1. The first-order chi connectivity index (χ1) is 8.87. The fraction of sp³-hybridized carbons (Fsp3) is 0.533. The van der Waals surface area contributed by atoms with E-state index in [-0.39, 0.29) is 29.2 Å². The molecule has 19 heavy (non-hydrogen) atoms. The summed E-state index contributed by atoms with van der Waals surface area (Å²) in [4.78, 5) is 12.2. The van der Waals surface area contributed by atoms with Crippen LogP contribution in [0.25, 0.3) is 0 Å². The van der Waals surface area contributed by atoms with Gasteiger partial charge in [-0.15, -0.1) is 0 Å². The molecule has 2 atom stereocenters. The van der Waals surface area contributed by atoms with Gasteiger partial charge in [0.15, 0.2) is 0 Å². The van der Waals surface area contributed by atoms with Crippen molar-refractivity contribution in [3.05, 3.63) is 29.3 Å². The van der Waals surface area contributed by atoms with E-state index in [1.54, 1.807) is 32.2 Å². The van der Waals surface area contributed by atoms with Gasteiger partial charge in [-0.1, -0.05) is 19.9 Å². The van der Waals surface area contributed by atoms with Crippen molar-refractivity contribution < 1.29 is 14.6 Å². The van der Waals surface area contributed by atoms with Gasteiger partial charge in [0.25, 0.3) is 5.91 Å². The van der Waals surface area contributed by atoms with Crippen LogP contribution in [-0.2, 0) is 4.74 Å². The Morgan fingerprint density at radius 2 is 2.16 bits per heavy atom. The highest BCUT2D eigenvalue weighted by Gasteiger charge is 2.49. The number of ether oxygens (including phenoxy) is 1. The molecule has 1 aromatic rings. The molecule has 1 amide bonds. The van der Waals surface area contributed by atoms with Gasteiger partial charge in [-0.05, 0) is 25.5 Å². The predicted molar refractivity (Wildman–Crippen MR) is 73.3 cm³/mol. The molecule has 0 radical (unpaired) electrons. The number of phenolic OH excluding ortho intramolecular Hbond substituents is 1. The molecule has 4 heteroatoms. The Morgan fingerprint density at radius 1 is 1.47 bits per heavy atom. The van der Waals surface area contributed by atoms with E-state index in [4.69, 9.17) is 4.74 Å². The Labute approximate surface area is 113 Å². The third-order valence-electron chi connectivity index (χ3n) is 4.32. The zero-order valence-corrected chi connectivity index (χ0v) is 11.9. The van der Waals surface area contributed by atoms with Crippen molar-refractivity contribution in [1.82, 2.24) is 5.32 Å². The molecule has 0 aliphatic heterocycles. The number of benzene rings is 1. The molecule has 0 heterocycles. The summed E-state index contributed by atoms with van der Waals surface area (Å²) >= 11 is 0. The lowest BCUT2D eigenvalue weighted by atomic mass is 9.64. The summed E-state index contributed by atoms with van der Waals surface area (Å²) in [6.07, 6.45) is 1.01. The van der Waals surface area contributed by atoms with Gasteiger partial charge in [0.05, 0.1) is 6.10 Å². The van der Waals surface area contributed by atoms with E-state index in [2.05, 4.69) is 19.2 Å². The second-order valence-electron chi connectivity index (χ2n) is 5.76. The third-order valence-corrected chi connectivity index (χ3v) is 4.32. The lowest BCUT2D eigenvalue weighted by Crippen LogP contribution is -2.61. The molecule has 0 spiro atoms. The number of hydrogen-bond donors (Lipinski definition) is 2. The second kappa shape index (κ2) is 4.85. The smallest absolute Gasteiger partial charge is 0.251 e. The van der Waals surface area contributed by atoms with Crippen LogP contribution < -0.4 is 5.32 Å². The summed E-state index contributed by atoms with van der Waals surface area (Å²) in [6, 6.07) is 5.09. The molecule has 0 bridgehead atoms. The molecule has 1 fully saturated rings. The third kappa shape index (κ3) is 2.32. The van der Waals surface area contributed by atoms with Crippen LogP contribution in [0.1, 0.15) is 36.2 Å². The van der Waals surface area contributed by atoms with E-state index >= 15 is 0 Å². The predicted octanol–water partition coefficient (Wildman–Crippen LogP) is 2.24. The average molecular weight is 263 g/mol. The SMILES string of the molecule is COC1CC(NC(=O)c2cccc(O)c2C)C1(C)C. The molecule has 1 saturated carbocycles. The van der Waals surface area contributed by atoms with E-state index in [9.17, 15) is 9.90 Å². The first kappa shape index (κ1) is 13.9. The second-order valence-corrected chi connectivity index (χ2v) is 5.76. The van der Waals surface area contributed by atoms with Gasteiger partial charge in [-0.2, -0.15) is 0 Å². The molecule has 2 unspecified atom stereocenters. The van der Waals surface area contributed by atoms with E-state index in [1.807, 2.05) is 0 Å². The van der Waals surface area contributed by atoms with Crippen molar-refractivity contribution in [1.29, 1.82) is 0 Å². The molecular formula is C15H21NO3. The molecule has 4 nitrogen and oxygen atoms in total. The molecule has 0 saturated heterocycles. The van der Waals surface area contributed by atoms with E-state index in [0.717, 1.165) is 6.42 Å². The van der Waals surface area contributed by atoms with Crippen LogP contribution in [0.3, 0.4) is 0 Å². The van der Waals surface area contributed by atoms with Gasteiger partial charge in [0.1, 0.15) is 5.75 Å². The van der Waals surface area contributed by atoms with Crippen molar-refractivity contribution in [3.63, 3.8) is 0 Å². The quantitative estimate of drug-likeness (QED) is 0.879. The number of amides is 1. The van der Waals surface area contributed by atoms with E-state index in [1.165, 1.54) is 0 Å². The summed E-state index contributed by atoms with van der Waals surface area (Å²) in [5.41, 5.74) is 1.08. The monoisotopic (exact) mass is 263 g/mol. The molecule has 1 aliphatic rings. The molecular weight excluding hydrogens is 242 g/mol. The highest BCUT2D eigenvalue weighted by atomic mass is 16.5. The summed E-state index contributed by atoms with van der Waals surface area (Å²) in [5.74, 6) is 0.0105. The van der Waals surface area contributed by atoms with Crippen LogP contribution in [-0.4, -0.2) is 30.3 Å². The first-order valence-electron chi connectivity index (χ1n) is 6.50. The molecule has 2 rings (SSSR count). The van der Waals surface area contributed by atoms with Crippen LogP contribution in [0.2, 0.25) is 0 Å². The molecule has 1 aliphatic carbocycles. The van der Waals surface area contributed by atoms with Crippen LogP contribution in [0.5, 0.6) is 5.75 Å². The summed E-state index contributed by atoms with van der Waals surface area (Å²) in [5, 5.41) is 12.7. The van der Waals surface area contributed by atoms with Crippen LogP contribution >= 0.6 is 0 Å². The average Bonchev–Trinajstić information content (AvgIpc) is 2.37. The van der Waals surface area contributed by atoms with Crippen molar-refractivity contribution in [3.8, 4) is 5.75 Å². The molecule has 104 valence electrons. The Morgan fingerprint density at radius 3 is 2.74 bits per heavy atom. The highest BCUT2D eigenvalue weighted by molar-refractivity contribution is 5.96. The van der Waals surface area contributed by atoms with E-state index in [0.29, 0.717) is 11.1 Å². The number of nitrogens with one attached hydrogen (secondary N) is 1. The first-order valence-corrected chi connectivity index (χ1v) is 6.50. The standard InChI is InChI=1S/C15H21NO3/c1-9-10(6-5-7-11(9)17)14(18)16-12-8-13(19-4)15(12,2)3/h5-7,12-13,17H,8H2,1-4H3,(H,16,18). The van der Waals surface area contributed by atoms with Crippen LogP contribution in [0.15, 0.2) is 18.2 Å². The fourth-order valence-electron chi connectivity index (χ4n) is 2.64. The number of rotatable bonds is 3. The Kier molecular flexibility index (Phi) is 3.54. The fourth-order valence-corrected chi connectivity index (χ4v) is 2.64. The van der Waals surface area contributed by atoms with Crippen LogP contribution in [0, 0.1) is 12.3 Å². The van der Waals surface area contributed by atoms with Gasteiger partial charge in [0, 0.05) is 29.7 Å². The Bertz CT molecular complexity index is 496. The summed E-state index contributed by atoms with van der Waals surface area (Å²) in [6.45, 7) is 5.92. The van der Waals surface area contributed by atoms with Crippen molar-refractivity contribution in [2.75, 3.05) is 7.11 Å². The molecule has 1 aromatic carbocycles. The number of carbonyl (C=O) groups excluding carboxylic acids is 1. The maximum absolute atomic E-state index is 12.2. The summed E-state index contributed by atoms with van der Waals surface area (Å²) in [7, 11) is 1.70. The zero-order chi connectivity index (χ0) is 14.2. The van der Waals surface area contributed by atoms with Gasteiger partial charge in [0.2, 0.25) is 0 Å². The van der Waals surface area contributed by atoms with Gasteiger partial charge >= 0.3 is 0 Å². The van der Waals surface area contributed by atoms with Gasteiger partial charge in [-0.25, -0.2) is 0 Å². The van der Waals surface area contributed by atoms with Crippen molar-refractivity contribution >= 4 is 5.91 Å². The topological polar surface area (TPSA) is 58.6 Å². The van der Waals surface area contributed by atoms with E-state index < -0.39 is 0 Å². The lowest BCUT2D eigenvalue weighted by Gasteiger charge is -2.51. The Balaban J connectivity index is 2.09. The largest absolute Gasteiger partial charge is 0.508 e. The molecule has 0 aromatic heterocycles. The summed E-state index contributed by atoms with van der Waals surface area (Å²) < 4.78 is 5.37.